The fourth-order valence-corrected chi connectivity index (χ4v) is 3.15. The van der Waals surface area contributed by atoms with E-state index in [9.17, 15) is 4.79 Å². The molecule has 118 valence electrons. The van der Waals surface area contributed by atoms with Gasteiger partial charge in [-0.2, -0.15) is 11.8 Å². The normalized spacial score (nSPS) is 22.6. The number of hydrogen-bond acceptors (Lipinski definition) is 4. The molecule has 1 aliphatic rings. The van der Waals surface area contributed by atoms with Crippen molar-refractivity contribution in [1.82, 2.24) is 10.2 Å². The van der Waals surface area contributed by atoms with E-state index in [0.717, 1.165) is 31.2 Å². The van der Waals surface area contributed by atoms with Gasteiger partial charge < -0.3 is 11.1 Å². The van der Waals surface area contributed by atoms with E-state index >= 15 is 0 Å². The standard InChI is InChI=1S/C15H31N3OS/c1-12-6-5-8-18(10-12)15(2,3)11-17-14(19)13(16)7-9-20-4/h12-13H,5-11,16H2,1-4H3,(H,17,19)/t12?,13-/m0/s1. The van der Waals surface area contributed by atoms with Crippen LogP contribution >= 0.6 is 11.8 Å². The lowest BCUT2D eigenvalue weighted by Crippen LogP contribution is -2.56. The summed E-state index contributed by atoms with van der Waals surface area (Å²) in [5.41, 5.74) is 5.90. The van der Waals surface area contributed by atoms with Crippen LogP contribution in [-0.2, 0) is 4.79 Å². The number of hydrogen-bond donors (Lipinski definition) is 2. The predicted molar refractivity (Wildman–Crippen MR) is 88.0 cm³/mol. The second kappa shape index (κ2) is 8.25. The van der Waals surface area contributed by atoms with Crippen molar-refractivity contribution in [2.45, 2.75) is 51.6 Å². The Kier molecular flexibility index (Phi) is 7.34. The molecule has 5 heteroatoms. The lowest BCUT2D eigenvalue weighted by Gasteiger charge is -2.43. The van der Waals surface area contributed by atoms with Gasteiger partial charge in [-0.05, 0) is 57.6 Å². The van der Waals surface area contributed by atoms with Gasteiger partial charge in [0.05, 0.1) is 6.04 Å². The van der Waals surface area contributed by atoms with E-state index in [4.69, 9.17) is 5.73 Å². The van der Waals surface area contributed by atoms with Crippen molar-refractivity contribution in [2.24, 2.45) is 11.7 Å². The van der Waals surface area contributed by atoms with E-state index in [2.05, 4.69) is 31.0 Å². The Hall–Kier alpha value is -0.260. The maximum atomic E-state index is 12.0. The molecule has 4 nitrogen and oxygen atoms in total. The molecule has 1 rings (SSSR count). The minimum Gasteiger partial charge on any atom is -0.353 e. The van der Waals surface area contributed by atoms with Crippen LogP contribution in [0, 0.1) is 5.92 Å². The second-order valence-corrected chi connectivity index (χ2v) is 7.60. The molecule has 1 unspecified atom stereocenters. The molecule has 3 N–H and O–H groups in total. The molecule has 0 aromatic heterocycles. The Balaban J connectivity index is 2.40. The molecule has 20 heavy (non-hydrogen) atoms. The number of nitrogens with zero attached hydrogens (tertiary/aromatic N) is 1. The van der Waals surface area contributed by atoms with Gasteiger partial charge in [0.1, 0.15) is 0 Å². The van der Waals surface area contributed by atoms with E-state index in [0.29, 0.717) is 6.54 Å². The summed E-state index contributed by atoms with van der Waals surface area (Å²) in [6, 6.07) is -0.376. The van der Waals surface area contributed by atoms with E-state index < -0.39 is 0 Å². The van der Waals surface area contributed by atoms with E-state index in [1.54, 1.807) is 11.8 Å². The molecule has 1 fully saturated rings. The van der Waals surface area contributed by atoms with Gasteiger partial charge in [-0.15, -0.1) is 0 Å². The topological polar surface area (TPSA) is 58.4 Å². The van der Waals surface area contributed by atoms with Crippen LogP contribution in [0.2, 0.25) is 0 Å². The van der Waals surface area contributed by atoms with Crippen LogP contribution in [0.25, 0.3) is 0 Å². The molecule has 2 atom stereocenters. The van der Waals surface area contributed by atoms with Gasteiger partial charge in [0.2, 0.25) is 5.91 Å². The number of rotatable bonds is 7. The highest BCUT2D eigenvalue weighted by atomic mass is 32.2. The number of amides is 1. The average Bonchev–Trinajstić information content (AvgIpc) is 2.42. The highest BCUT2D eigenvalue weighted by Crippen LogP contribution is 2.23. The number of carbonyl (C=O) groups excluding carboxylic acids is 1. The van der Waals surface area contributed by atoms with Crippen molar-refractivity contribution < 1.29 is 4.79 Å². The third-order valence-electron chi connectivity index (χ3n) is 4.18. The van der Waals surface area contributed by atoms with Crippen LogP contribution in [0.5, 0.6) is 0 Å². The number of piperidine rings is 1. The number of nitrogens with one attached hydrogen (secondary N) is 1. The van der Waals surface area contributed by atoms with Crippen LogP contribution in [0.3, 0.4) is 0 Å². The van der Waals surface area contributed by atoms with Gasteiger partial charge in [0.15, 0.2) is 0 Å². The summed E-state index contributed by atoms with van der Waals surface area (Å²) in [5.74, 6) is 1.67. The van der Waals surface area contributed by atoms with Gasteiger partial charge in [-0.3, -0.25) is 9.69 Å². The Labute approximate surface area is 128 Å². The zero-order valence-electron chi connectivity index (χ0n) is 13.4. The Morgan fingerprint density at radius 2 is 2.25 bits per heavy atom. The number of thioether (sulfide) groups is 1. The molecule has 0 saturated carbocycles. The lowest BCUT2D eigenvalue weighted by atomic mass is 9.93. The summed E-state index contributed by atoms with van der Waals surface area (Å²) in [6.45, 7) is 9.65. The first-order chi connectivity index (χ1) is 9.36. The maximum Gasteiger partial charge on any atom is 0.237 e. The van der Waals surface area contributed by atoms with Crippen LogP contribution in [0.15, 0.2) is 0 Å². The van der Waals surface area contributed by atoms with Crippen LogP contribution in [0.1, 0.15) is 40.0 Å². The molecular weight excluding hydrogens is 270 g/mol. The third-order valence-corrected chi connectivity index (χ3v) is 4.82. The first-order valence-corrected chi connectivity index (χ1v) is 9.03. The van der Waals surface area contributed by atoms with Crippen LogP contribution in [0.4, 0.5) is 0 Å². The van der Waals surface area contributed by atoms with Crippen molar-refractivity contribution in [1.29, 1.82) is 0 Å². The summed E-state index contributed by atoms with van der Waals surface area (Å²) >= 11 is 1.73. The van der Waals surface area contributed by atoms with Gasteiger partial charge in [-0.25, -0.2) is 0 Å². The summed E-state index contributed by atoms with van der Waals surface area (Å²) in [4.78, 5) is 14.5. The van der Waals surface area contributed by atoms with Crippen molar-refractivity contribution in [3.63, 3.8) is 0 Å². The first kappa shape index (κ1) is 17.8. The molecule has 1 aliphatic heterocycles. The summed E-state index contributed by atoms with van der Waals surface area (Å²) in [5, 5.41) is 3.03. The largest absolute Gasteiger partial charge is 0.353 e. The van der Waals surface area contributed by atoms with E-state index in [1.807, 2.05) is 6.26 Å². The maximum absolute atomic E-state index is 12.0. The highest BCUT2D eigenvalue weighted by Gasteiger charge is 2.30. The van der Waals surface area contributed by atoms with Crippen LogP contribution < -0.4 is 11.1 Å². The van der Waals surface area contributed by atoms with Gasteiger partial charge in [0, 0.05) is 18.6 Å². The molecule has 0 radical (unpaired) electrons. The molecule has 0 bridgehead atoms. The van der Waals surface area contributed by atoms with Crippen molar-refractivity contribution in [2.75, 3.05) is 31.6 Å². The summed E-state index contributed by atoms with van der Waals surface area (Å²) < 4.78 is 0. The molecule has 0 spiro atoms. The predicted octanol–water partition coefficient (Wildman–Crippen LogP) is 1.69. The monoisotopic (exact) mass is 301 g/mol. The quantitative estimate of drug-likeness (QED) is 0.751. The Morgan fingerprint density at radius 1 is 1.55 bits per heavy atom. The number of likely N-dealkylation sites (tertiary alicyclic amines) is 1. The zero-order valence-corrected chi connectivity index (χ0v) is 14.3. The Morgan fingerprint density at radius 3 is 2.85 bits per heavy atom. The highest BCUT2D eigenvalue weighted by molar-refractivity contribution is 7.98. The van der Waals surface area contributed by atoms with E-state index in [-0.39, 0.29) is 17.5 Å². The minimum absolute atomic E-state index is 0.00354. The Bertz CT molecular complexity index is 309. The van der Waals surface area contributed by atoms with Crippen molar-refractivity contribution in [3.05, 3.63) is 0 Å². The van der Waals surface area contributed by atoms with E-state index in [1.165, 1.54) is 12.8 Å². The molecule has 1 heterocycles. The number of nitrogens with two attached hydrogens (primary N) is 1. The van der Waals surface area contributed by atoms with Gasteiger partial charge in [0.25, 0.3) is 0 Å². The third kappa shape index (κ3) is 5.62. The molecule has 1 amide bonds. The molecule has 0 aromatic rings. The SMILES string of the molecule is CSCC[C@H](N)C(=O)NCC(C)(C)N1CCCC(C)C1. The van der Waals surface area contributed by atoms with Crippen molar-refractivity contribution in [3.8, 4) is 0 Å². The first-order valence-electron chi connectivity index (χ1n) is 7.64. The molecular formula is C15H31N3OS. The van der Waals surface area contributed by atoms with Crippen LogP contribution in [-0.4, -0.2) is 54.0 Å². The smallest absolute Gasteiger partial charge is 0.237 e. The molecule has 0 aliphatic carbocycles. The van der Waals surface area contributed by atoms with Gasteiger partial charge in [-0.1, -0.05) is 6.92 Å². The van der Waals surface area contributed by atoms with Crippen molar-refractivity contribution >= 4 is 17.7 Å². The minimum atomic E-state index is -0.376. The molecule has 0 aromatic carbocycles. The summed E-state index contributed by atoms with van der Waals surface area (Å²) in [6.07, 6.45) is 5.35. The summed E-state index contributed by atoms with van der Waals surface area (Å²) in [7, 11) is 0. The second-order valence-electron chi connectivity index (χ2n) is 6.61. The lowest BCUT2D eigenvalue weighted by molar-refractivity contribution is -0.123. The number of carbonyl (C=O) groups is 1. The fraction of sp³-hybridized carbons (Fsp3) is 0.933. The van der Waals surface area contributed by atoms with Gasteiger partial charge >= 0.3 is 0 Å². The fourth-order valence-electron chi connectivity index (χ4n) is 2.66. The average molecular weight is 302 g/mol. The zero-order chi connectivity index (χ0) is 15.2. The molecule has 1 saturated heterocycles.